The van der Waals surface area contributed by atoms with E-state index in [9.17, 15) is 8.78 Å². The van der Waals surface area contributed by atoms with Crippen LogP contribution in [-0.4, -0.2) is 30.5 Å². The zero-order valence-electron chi connectivity index (χ0n) is 15.6. The summed E-state index contributed by atoms with van der Waals surface area (Å²) in [5.74, 6) is -2.24. The van der Waals surface area contributed by atoms with E-state index in [1.54, 1.807) is 34.3 Å². The van der Waals surface area contributed by atoms with Gasteiger partial charge in [0, 0.05) is 23.7 Å². The Hall–Kier alpha value is -2.44. The molecule has 2 aliphatic rings. The van der Waals surface area contributed by atoms with Gasteiger partial charge >= 0.3 is 0 Å². The second-order valence-electron chi connectivity index (χ2n) is 7.02. The Morgan fingerprint density at radius 2 is 1.83 bits per heavy atom. The third-order valence-electron chi connectivity index (χ3n) is 4.54. The van der Waals surface area contributed by atoms with E-state index in [0.717, 1.165) is 23.9 Å². The van der Waals surface area contributed by atoms with Gasteiger partial charge in [-0.2, -0.15) is 0 Å². The summed E-state index contributed by atoms with van der Waals surface area (Å²) in [7, 11) is 0. The van der Waals surface area contributed by atoms with Gasteiger partial charge in [0.15, 0.2) is 5.76 Å². The number of para-hydroxylation sites is 1. The molecule has 0 atom stereocenters. The van der Waals surface area contributed by atoms with Crippen LogP contribution in [0, 0.1) is 0 Å². The molecule has 2 aromatic rings. The van der Waals surface area contributed by atoms with Crippen LogP contribution in [0.4, 0.5) is 14.5 Å². The van der Waals surface area contributed by atoms with Crippen molar-refractivity contribution in [2.24, 2.45) is 0 Å². The van der Waals surface area contributed by atoms with Crippen molar-refractivity contribution in [3.63, 3.8) is 0 Å². The first-order valence-electron chi connectivity index (χ1n) is 9.10. The number of ether oxygens (including phenoxy) is 1. The number of halogens is 4. The summed E-state index contributed by atoms with van der Waals surface area (Å²) in [4.78, 5) is 1.56. The average molecular weight is 438 g/mol. The molecule has 0 bridgehead atoms. The maximum atomic E-state index is 13.6. The molecule has 2 aromatic carbocycles. The molecule has 0 amide bonds. The van der Waals surface area contributed by atoms with Gasteiger partial charge in [0.05, 0.1) is 23.8 Å². The lowest BCUT2D eigenvalue weighted by Gasteiger charge is -2.25. The van der Waals surface area contributed by atoms with Gasteiger partial charge in [0.25, 0.3) is 5.92 Å². The molecule has 0 saturated heterocycles. The van der Waals surface area contributed by atoms with Crippen molar-refractivity contribution in [2.45, 2.75) is 12.8 Å². The van der Waals surface area contributed by atoms with Crippen LogP contribution >= 0.6 is 23.2 Å². The first kappa shape index (κ1) is 19.9. The minimum absolute atomic E-state index is 0.278. The van der Waals surface area contributed by atoms with Gasteiger partial charge in [-0.25, -0.2) is 13.8 Å². The largest absolute Gasteiger partial charge is 0.487 e. The topological polar surface area (TPSA) is 27.7 Å². The monoisotopic (exact) mass is 437 g/mol. The number of hydrogen-bond acceptors (Lipinski definition) is 4. The van der Waals surface area contributed by atoms with Crippen LogP contribution in [0.25, 0.3) is 5.70 Å². The van der Waals surface area contributed by atoms with E-state index in [0.29, 0.717) is 28.0 Å². The van der Waals surface area contributed by atoms with Crippen molar-refractivity contribution in [3.05, 3.63) is 81.8 Å². The molecule has 4 nitrogen and oxygen atoms in total. The van der Waals surface area contributed by atoms with E-state index in [-0.39, 0.29) is 6.61 Å². The summed E-state index contributed by atoms with van der Waals surface area (Å²) >= 11 is 12.5. The minimum atomic E-state index is -2.81. The number of nitrogens with one attached hydrogen (secondary N) is 1. The lowest BCUT2D eigenvalue weighted by atomic mass is 10.1. The standard InChI is InChI=1S/C21H19Cl2F2N3O/c1-21(24,25)13-27-10-11-29-20-17(12-27)26-28(18-5-3-2-4-16(18)23)19(20)14-6-8-15(22)9-7-14/h2-9,12,26H,10-11,13H2,1H3. The highest BCUT2D eigenvalue weighted by molar-refractivity contribution is 6.33. The summed E-state index contributed by atoms with van der Waals surface area (Å²) in [6.07, 6.45) is 1.67. The molecule has 0 fully saturated rings. The second-order valence-corrected chi connectivity index (χ2v) is 7.86. The Labute approximate surface area is 177 Å². The molecule has 2 heterocycles. The average Bonchev–Trinajstić information content (AvgIpc) is 2.88. The summed E-state index contributed by atoms with van der Waals surface area (Å²) in [6, 6.07) is 14.7. The van der Waals surface area contributed by atoms with Gasteiger partial charge in [-0.3, -0.25) is 5.43 Å². The number of alkyl halides is 2. The zero-order chi connectivity index (χ0) is 20.6. The summed E-state index contributed by atoms with van der Waals surface area (Å²) < 4.78 is 33.2. The van der Waals surface area contributed by atoms with E-state index >= 15 is 0 Å². The van der Waals surface area contributed by atoms with Crippen LogP contribution in [0.1, 0.15) is 12.5 Å². The molecule has 0 saturated carbocycles. The zero-order valence-corrected chi connectivity index (χ0v) is 17.1. The van der Waals surface area contributed by atoms with E-state index in [4.69, 9.17) is 27.9 Å². The number of fused-ring (bicyclic) bond motifs is 1. The fraction of sp³-hybridized carbons (Fsp3) is 0.238. The minimum Gasteiger partial charge on any atom is -0.487 e. The number of benzene rings is 2. The van der Waals surface area contributed by atoms with Crippen LogP contribution in [-0.2, 0) is 4.74 Å². The summed E-state index contributed by atoms with van der Waals surface area (Å²) in [6.45, 7) is 1.15. The summed E-state index contributed by atoms with van der Waals surface area (Å²) in [5, 5.41) is 2.96. The summed E-state index contributed by atoms with van der Waals surface area (Å²) in [5.41, 5.74) is 6.17. The lowest BCUT2D eigenvalue weighted by molar-refractivity contribution is -0.00509. The highest BCUT2D eigenvalue weighted by Crippen LogP contribution is 2.39. The van der Waals surface area contributed by atoms with E-state index < -0.39 is 12.5 Å². The molecule has 0 spiro atoms. The predicted octanol–water partition coefficient (Wildman–Crippen LogP) is 5.52. The Balaban J connectivity index is 1.81. The molecule has 2 aliphatic heterocycles. The van der Waals surface area contributed by atoms with Gasteiger partial charge in [0.2, 0.25) is 0 Å². The van der Waals surface area contributed by atoms with E-state index in [1.165, 1.54) is 0 Å². The van der Waals surface area contributed by atoms with Gasteiger partial charge in [0.1, 0.15) is 18.0 Å². The van der Waals surface area contributed by atoms with Crippen LogP contribution < -0.4 is 10.4 Å². The van der Waals surface area contributed by atoms with Gasteiger partial charge in [-0.05, 0) is 24.3 Å². The van der Waals surface area contributed by atoms with Gasteiger partial charge < -0.3 is 9.64 Å². The Morgan fingerprint density at radius 1 is 1.10 bits per heavy atom. The Kier molecular flexibility index (Phi) is 5.32. The maximum Gasteiger partial charge on any atom is 0.262 e. The predicted molar refractivity (Wildman–Crippen MR) is 112 cm³/mol. The van der Waals surface area contributed by atoms with Gasteiger partial charge in [-0.15, -0.1) is 0 Å². The SMILES string of the molecule is CC(F)(F)CN1C=C2NN(c3ccccc3Cl)C(c3ccc(Cl)cc3)=C2OCC1. The van der Waals surface area contributed by atoms with Crippen molar-refractivity contribution in [1.29, 1.82) is 0 Å². The fourth-order valence-corrected chi connectivity index (χ4v) is 3.71. The molecular formula is C21H19Cl2F2N3O. The number of nitrogens with zero attached hydrogens (tertiary/aromatic N) is 2. The van der Waals surface area contributed by atoms with Crippen molar-refractivity contribution >= 4 is 34.6 Å². The first-order chi connectivity index (χ1) is 13.8. The molecule has 152 valence electrons. The quantitative estimate of drug-likeness (QED) is 0.681. The highest BCUT2D eigenvalue weighted by Gasteiger charge is 2.34. The molecule has 4 rings (SSSR count). The van der Waals surface area contributed by atoms with Crippen molar-refractivity contribution in [3.8, 4) is 0 Å². The number of hydrogen-bond donors (Lipinski definition) is 1. The van der Waals surface area contributed by atoms with Gasteiger partial charge in [-0.1, -0.05) is 47.5 Å². The third kappa shape index (κ3) is 4.28. The maximum absolute atomic E-state index is 13.6. The second kappa shape index (κ2) is 7.76. The molecule has 0 aromatic heterocycles. The number of anilines is 1. The first-order valence-corrected chi connectivity index (χ1v) is 9.86. The van der Waals surface area contributed by atoms with Crippen LogP contribution in [0.3, 0.4) is 0 Å². The smallest absolute Gasteiger partial charge is 0.262 e. The van der Waals surface area contributed by atoms with Crippen molar-refractivity contribution in [1.82, 2.24) is 10.3 Å². The number of hydrazine groups is 1. The Bertz CT molecular complexity index is 971. The molecule has 0 aliphatic carbocycles. The molecule has 8 heteroatoms. The lowest BCUT2D eigenvalue weighted by Crippen LogP contribution is -2.35. The third-order valence-corrected chi connectivity index (χ3v) is 5.12. The molecule has 0 unspecified atom stereocenters. The molecule has 1 N–H and O–H groups in total. The van der Waals surface area contributed by atoms with Crippen molar-refractivity contribution in [2.75, 3.05) is 24.7 Å². The van der Waals surface area contributed by atoms with Crippen molar-refractivity contribution < 1.29 is 13.5 Å². The Morgan fingerprint density at radius 3 is 2.52 bits per heavy atom. The van der Waals surface area contributed by atoms with E-state index in [2.05, 4.69) is 5.43 Å². The number of rotatable bonds is 4. The van der Waals surface area contributed by atoms with Crippen LogP contribution in [0.2, 0.25) is 10.0 Å². The fourth-order valence-electron chi connectivity index (χ4n) is 3.36. The molecule has 29 heavy (non-hydrogen) atoms. The molecular weight excluding hydrogens is 419 g/mol. The normalized spacial score (nSPS) is 16.8. The van der Waals surface area contributed by atoms with E-state index in [1.807, 2.05) is 30.3 Å². The van der Waals surface area contributed by atoms with Crippen LogP contribution in [0.15, 0.2) is 66.2 Å². The van der Waals surface area contributed by atoms with Crippen LogP contribution in [0.5, 0.6) is 0 Å². The molecule has 0 radical (unpaired) electrons. The highest BCUT2D eigenvalue weighted by atomic mass is 35.5.